The highest BCUT2D eigenvalue weighted by molar-refractivity contribution is 7.11. The lowest BCUT2D eigenvalue weighted by Crippen LogP contribution is -1.95. The first kappa shape index (κ1) is 13.1. The minimum absolute atomic E-state index is 0.556. The van der Waals surface area contributed by atoms with Crippen LogP contribution in [-0.4, -0.2) is 4.98 Å². The molecule has 0 amide bonds. The second-order valence-electron chi connectivity index (χ2n) is 4.76. The van der Waals surface area contributed by atoms with Crippen LogP contribution in [0, 0.1) is 13.8 Å². The molecule has 0 saturated carbocycles. The molecule has 2 nitrogen and oxygen atoms in total. The summed E-state index contributed by atoms with van der Waals surface area (Å²) in [6.07, 6.45) is 0. The van der Waals surface area contributed by atoms with Crippen molar-refractivity contribution in [1.29, 1.82) is 0 Å². The Balaban J connectivity index is 1.97. The Morgan fingerprint density at radius 2 is 1.83 bits per heavy atom. The quantitative estimate of drug-likeness (QED) is 0.810. The molecule has 96 valence electrons. The molecule has 1 aromatic carbocycles. The Bertz CT molecular complexity index is 494. The predicted octanol–water partition coefficient (Wildman–Crippen LogP) is 4.46. The standard InChI is InChI=1S/C15H19NOS/c1-10(2)13-5-7-14(8-6-13)17-9-15-16-11(3)12(4)18-15/h5-8,10H,9H2,1-4H3. The van der Waals surface area contributed by atoms with Crippen molar-refractivity contribution >= 4 is 11.3 Å². The zero-order valence-corrected chi connectivity index (χ0v) is 12.2. The molecule has 0 radical (unpaired) electrons. The summed E-state index contributed by atoms with van der Waals surface area (Å²) >= 11 is 1.71. The van der Waals surface area contributed by atoms with Gasteiger partial charge in [0.25, 0.3) is 0 Å². The monoisotopic (exact) mass is 261 g/mol. The van der Waals surface area contributed by atoms with Gasteiger partial charge >= 0.3 is 0 Å². The molecule has 18 heavy (non-hydrogen) atoms. The maximum absolute atomic E-state index is 5.74. The van der Waals surface area contributed by atoms with Crippen LogP contribution < -0.4 is 4.74 Å². The van der Waals surface area contributed by atoms with Crippen molar-refractivity contribution in [1.82, 2.24) is 4.98 Å². The Hall–Kier alpha value is -1.35. The number of aryl methyl sites for hydroxylation is 2. The van der Waals surface area contributed by atoms with Crippen LogP contribution in [0.3, 0.4) is 0 Å². The molecule has 2 rings (SSSR count). The first-order chi connectivity index (χ1) is 8.56. The summed E-state index contributed by atoms with van der Waals surface area (Å²) < 4.78 is 5.74. The molecule has 0 aliphatic rings. The van der Waals surface area contributed by atoms with Crippen molar-refractivity contribution in [2.45, 2.75) is 40.2 Å². The zero-order valence-electron chi connectivity index (χ0n) is 11.4. The summed E-state index contributed by atoms with van der Waals surface area (Å²) in [6.45, 7) is 9.06. The summed E-state index contributed by atoms with van der Waals surface area (Å²) in [5.74, 6) is 1.47. The van der Waals surface area contributed by atoms with Gasteiger partial charge in [0.05, 0.1) is 5.69 Å². The lowest BCUT2D eigenvalue weighted by Gasteiger charge is -2.07. The second kappa shape index (κ2) is 5.53. The van der Waals surface area contributed by atoms with Gasteiger partial charge in [-0.3, -0.25) is 0 Å². The molecule has 0 bridgehead atoms. The molecule has 0 fully saturated rings. The van der Waals surface area contributed by atoms with Crippen molar-refractivity contribution < 1.29 is 4.74 Å². The second-order valence-corrected chi connectivity index (χ2v) is 6.05. The molecule has 2 aromatic rings. The molecule has 0 atom stereocenters. The van der Waals surface area contributed by atoms with E-state index in [0.29, 0.717) is 12.5 Å². The Morgan fingerprint density at radius 1 is 1.17 bits per heavy atom. The Labute approximate surface area is 113 Å². The van der Waals surface area contributed by atoms with Gasteiger partial charge in [-0.1, -0.05) is 26.0 Å². The highest BCUT2D eigenvalue weighted by atomic mass is 32.1. The maximum Gasteiger partial charge on any atom is 0.140 e. The average molecular weight is 261 g/mol. The van der Waals surface area contributed by atoms with E-state index in [-0.39, 0.29) is 0 Å². The van der Waals surface area contributed by atoms with Crippen molar-refractivity contribution in [2.24, 2.45) is 0 Å². The first-order valence-electron chi connectivity index (χ1n) is 6.22. The zero-order chi connectivity index (χ0) is 13.1. The van der Waals surface area contributed by atoms with Crippen LogP contribution in [0.4, 0.5) is 0 Å². The van der Waals surface area contributed by atoms with Gasteiger partial charge < -0.3 is 4.74 Å². The van der Waals surface area contributed by atoms with Crippen LogP contribution in [0.15, 0.2) is 24.3 Å². The summed E-state index contributed by atoms with van der Waals surface area (Å²) in [5, 5.41) is 1.04. The molecule has 0 unspecified atom stereocenters. The van der Waals surface area contributed by atoms with Crippen LogP contribution in [-0.2, 0) is 6.61 Å². The number of hydrogen-bond donors (Lipinski definition) is 0. The highest BCUT2D eigenvalue weighted by Gasteiger charge is 2.05. The van der Waals surface area contributed by atoms with Gasteiger partial charge in [-0.05, 0) is 37.5 Å². The molecule has 0 saturated heterocycles. The molecule has 3 heteroatoms. The van der Waals surface area contributed by atoms with E-state index in [9.17, 15) is 0 Å². The van der Waals surface area contributed by atoms with E-state index in [2.05, 4.69) is 37.9 Å². The third kappa shape index (κ3) is 3.10. The van der Waals surface area contributed by atoms with E-state index in [1.807, 2.05) is 19.1 Å². The van der Waals surface area contributed by atoms with E-state index >= 15 is 0 Å². The number of ether oxygens (including phenoxy) is 1. The molecule has 0 aliphatic heterocycles. The molecule has 0 N–H and O–H groups in total. The SMILES string of the molecule is Cc1nc(COc2ccc(C(C)C)cc2)sc1C. The van der Waals surface area contributed by atoms with Gasteiger partial charge in [0, 0.05) is 4.88 Å². The minimum atomic E-state index is 0.556. The Kier molecular flexibility index (Phi) is 4.02. The minimum Gasteiger partial charge on any atom is -0.486 e. The topological polar surface area (TPSA) is 22.1 Å². The summed E-state index contributed by atoms with van der Waals surface area (Å²) in [5.41, 5.74) is 2.44. The van der Waals surface area contributed by atoms with E-state index in [0.717, 1.165) is 16.5 Å². The first-order valence-corrected chi connectivity index (χ1v) is 7.03. The van der Waals surface area contributed by atoms with Gasteiger partial charge in [0.1, 0.15) is 17.4 Å². The third-order valence-corrected chi connectivity index (χ3v) is 4.03. The molecular formula is C15H19NOS. The van der Waals surface area contributed by atoms with Crippen molar-refractivity contribution in [2.75, 3.05) is 0 Å². The summed E-state index contributed by atoms with van der Waals surface area (Å²) in [6, 6.07) is 8.31. The van der Waals surface area contributed by atoms with Gasteiger partial charge in [-0.15, -0.1) is 11.3 Å². The number of thiazole rings is 1. The number of rotatable bonds is 4. The van der Waals surface area contributed by atoms with Crippen LogP contribution in [0.5, 0.6) is 5.75 Å². The Morgan fingerprint density at radius 3 is 2.33 bits per heavy atom. The van der Waals surface area contributed by atoms with Crippen LogP contribution >= 0.6 is 11.3 Å². The van der Waals surface area contributed by atoms with E-state index in [1.165, 1.54) is 10.4 Å². The smallest absolute Gasteiger partial charge is 0.140 e. The molecular weight excluding hydrogens is 242 g/mol. The molecule has 1 aromatic heterocycles. The van der Waals surface area contributed by atoms with E-state index < -0.39 is 0 Å². The van der Waals surface area contributed by atoms with Crippen molar-refractivity contribution in [3.8, 4) is 5.75 Å². The number of nitrogens with zero attached hydrogens (tertiary/aromatic N) is 1. The molecule has 0 aliphatic carbocycles. The van der Waals surface area contributed by atoms with Gasteiger partial charge in [0.15, 0.2) is 0 Å². The fourth-order valence-electron chi connectivity index (χ4n) is 1.69. The highest BCUT2D eigenvalue weighted by Crippen LogP contribution is 2.21. The van der Waals surface area contributed by atoms with E-state index in [4.69, 9.17) is 4.74 Å². The molecule has 0 spiro atoms. The largest absolute Gasteiger partial charge is 0.486 e. The van der Waals surface area contributed by atoms with Gasteiger partial charge in [0.2, 0.25) is 0 Å². The normalized spacial score (nSPS) is 10.9. The van der Waals surface area contributed by atoms with Crippen molar-refractivity contribution in [3.63, 3.8) is 0 Å². The van der Waals surface area contributed by atoms with Crippen LogP contribution in [0.25, 0.3) is 0 Å². The number of benzene rings is 1. The van der Waals surface area contributed by atoms with Crippen LogP contribution in [0.2, 0.25) is 0 Å². The predicted molar refractivity (Wildman–Crippen MR) is 76.5 cm³/mol. The van der Waals surface area contributed by atoms with Crippen molar-refractivity contribution in [3.05, 3.63) is 45.4 Å². The van der Waals surface area contributed by atoms with Gasteiger partial charge in [-0.2, -0.15) is 0 Å². The number of aromatic nitrogens is 1. The summed E-state index contributed by atoms with van der Waals surface area (Å²) in [7, 11) is 0. The summed E-state index contributed by atoms with van der Waals surface area (Å²) in [4.78, 5) is 5.73. The maximum atomic E-state index is 5.74. The molecule has 1 heterocycles. The fourth-order valence-corrected chi connectivity index (χ4v) is 2.54. The van der Waals surface area contributed by atoms with Crippen LogP contribution in [0.1, 0.15) is 40.9 Å². The lowest BCUT2D eigenvalue weighted by molar-refractivity contribution is 0.305. The lowest BCUT2D eigenvalue weighted by atomic mass is 10.0. The third-order valence-electron chi connectivity index (χ3n) is 2.98. The van der Waals surface area contributed by atoms with Gasteiger partial charge in [-0.25, -0.2) is 4.98 Å². The average Bonchev–Trinajstić information content (AvgIpc) is 2.67. The fraction of sp³-hybridized carbons (Fsp3) is 0.400. The van der Waals surface area contributed by atoms with E-state index in [1.54, 1.807) is 11.3 Å². The number of hydrogen-bond acceptors (Lipinski definition) is 3.